The molecule has 0 heterocycles. The van der Waals surface area contributed by atoms with E-state index >= 15 is 0 Å². The standard InChI is InChI=1S/C14H26/c1-10(2)14(11(3)4)9-13(6,7)8-12(14)5/h10,12H,1,8-9H2,2-7H3. The molecule has 82 valence electrons. The summed E-state index contributed by atoms with van der Waals surface area (Å²) in [6, 6.07) is 0. The fourth-order valence-corrected chi connectivity index (χ4v) is 3.87. The molecule has 14 heavy (non-hydrogen) atoms. The lowest BCUT2D eigenvalue weighted by Crippen LogP contribution is -2.35. The second-order valence-electron chi connectivity index (χ2n) is 6.39. The van der Waals surface area contributed by atoms with Crippen molar-refractivity contribution in [1.29, 1.82) is 0 Å². The van der Waals surface area contributed by atoms with Gasteiger partial charge in [-0.15, -0.1) is 0 Å². The van der Waals surface area contributed by atoms with Gasteiger partial charge in [0.2, 0.25) is 0 Å². The molecule has 0 N–H and O–H groups in total. The third-order valence-corrected chi connectivity index (χ3v) is 4.32. The molecule has 0 bridgehead atoms. The first-order valence-corrected chi connectivity index (χ1v) is 5.86. The van der Waals surface area contributed by atoms with E-state index in [1.165, 1.54) is 12.8 Å². The SMILES string of the molecule is [CH2]C(C)C1([C](C)C)CC(C)(C)CC1C. The van der Waals surface area contributed by atoms with E-state index in [0.717, 1.165) is 5.92 Å². The van der Waals surface area contributed by atoms with Crippen molar-refractivity contribution in [2.75, 3.05) is 0 Å². The van der Waals surface area contributed by atoms with Gasteiger partial charge in [-0.25, -0.2) is 0 Å². The minimum absolute atomic E-state index is 0.392. The predicted molar refractivity (Wildman–Crippen MR) is 63.7 cm³/mol. The van der Waals surface area contributed by atoms with Crippen molar-refractivity contribution in [2.45, 2.75) is 54.4 Å². The lowest BCUT2D eigenvalue weighted by atomic mass is 9.62. The summed E-state index contributed by atoms with van der Waals surface area (Å²) in [5, 5.41) is 0. The van der Waals surface area contributed by atoms with Crippen LogP contribution in [0.5, 0.6) is 0 Å². The largest absolute Gasteiger partial charge is 0.0619 e. The van der Waals surface area contributed by atoms with Crippen LogP contribution in [0, 0.1) is 35.5 Å². The van der Waals surface area contributed by atoms with Gasteiger partial charge >= 0.3 is 0 Å². The Morgan fingerprint density at radius 1 is 1.36 bits per heavy atom. The molecule has 3 atom stereocenters. The second-order valence-corrected chi connectivity index (χ2v) is 6.39. The van der Waals surface area contributed by atoms with Crippen LogP contribution in [-0.2, 0) is 0 Å². The minimum atomic E-state index is 0.392. The van der Waals surface area contributed by atoms with Gasteiger partial charge in [-0.2, -0.15) is 0 Å². The minimum Gasteiger partial charge on any atom is -0.0619 e. The number of rotatable bonds is 2. The van der Waals surface area contributed by atoms with Crippen LogP contribution >= 0.6 is 0 Å². The van der Waals surface area contributed by atoms with Gasteiger partial charge in [0.25, 0.3) is 0 Å². The third kappa shape index (κ3) is 1.73. The zero-order chi connectivity index (χ0) is 11.1. The van der Waals surface area contributed by atoms with Crippen LogP contribution in [0.2, 0.25) is 0 Å². The lowest BCUT2D eigenvalue weighted by Gasteiger charge is -2.42. The van der Waals surface area contributed by atoms with E-state index in [-0.39, 0.29) is 0 Å². The lowest BCUT2D eigenvalue weighted by molar-refractivity contribution is 0.161. The summed E-state index contributed by atoms with van der Waals surface area (Å²) in [5.41, 5.74) is 0.895. The topological polar surface area (TPSA) is 0 Å². The molecular weight excluding hydrogens is 168 g/mol. The van der Waals surface area contributed by atoms with Crippen molar-refractivity contribution in [1.82, 2.24) is 0 Å². The van der Waals surface area contributed by atoms with E-state index in [4.69, 9.17) is 0 Å². The zero-order valence-corrected chi connectivity index (χ0v) is 10.8. The zero-order valence-electron chi connectivity index (χ0n) is 10.8. The smallest absolute Gasteiger partial charge is 0.0184 e. The molecule has 3 unspecified atom stereocenters. The Bertz CT molecular complexity index is 190. The number of hydrogen-bond acceptors (Lipinski definition) is 0. The molecule has 0 nitrogen and oxygen atoms in total. The van der Waals surface area contributed by atoms with Crippen molar-refractivity contribution in [3.05, 3.63) is 12.8 Å². The maximum Gasteiger partial charge on any atom is -0.0184 e. The van der Waals surface area contributed by atoms with E-state index in [9.17, 15) is 0 Å². The highest BCUT2D eigenvalue weighted by Crippen LogP contribution is 2.60. The fourth-order valence-electron chi connectivity index (χ4n) is 3.87. The van der Waals surface area contributed by atoms with Crippen molar-refractivity contribution in [2.24, 2.45) is 22.7 Å². The quantitative estimate of drug-likeness (QED) is 0.606. The van der Waals surface area contributed by atoms with Gasteiger partial charge in [-0.3, -0.25) is 0 Å². The molecule has 0 spiro atoms. The van der Waals surface area contributed by atoms with Gasteiger partial charge in [0.1, 0.15) is 0 Å². The average Bonchev–Trinajstić information content (AvgIpc) is 2.21. The second kappa shape index (κ2) is 3.54. The average molecular weight is 194 g/mol. The van der Waals surface area contributed by atoms with Crippen LogP contribution in [0.3, 0.4) is 0 Å². The van der Waals surface area contributed by atoms with E-state index in [1.807, 2.05) is 0 Å². The molecule has 1 aliphatic rings. The van der Waals surface area contributed by atoms with Crippen LogP contribution in [0.25, 0.3) is 0 Å². The Kier molecular flexibility index (Phi) is 3.05. The molecular formula is C14H26. The number of hydrogen-bond donors (Lipinski definition) is 0. The molecule has 1 saturated carbocycles. The van der Waals surface area contributed by atoms with Gasteiger partial charge in [0.15, 0.2) is 0 Å². The summed E-state index contributed by atoms with van der Waals surface area (Å²) in [5.74, 6) is 2.90. The Balaban J connectivity index is 3.01. The molecule has 1 aliphatic carbocycles. The monoisotopic (exact) mass is 194 g/mol. The first kappa shape index (κ1) is 12.1. The van der Waals surface area contributed by atoms with Crippen molar-refractivity contribution >= 4 is 0 Å². The van der Waals surface area contributed by atoms with Crippen LogP contribution in [0.1, 0.15) is 54.4 Å². The summed E-state index contributed by atoms with van der Waals surface area (Å²) in [6.45, 7) is 18.4. The summed E-state index contributed by atoms with van der Waals surface area (Å²) in [6.07, 6.45) is 2.66. The summed E-state index contributed by atoms with van der Waals surface area (Å²) in [7, 11) is 0. The first-order valence-electron chi connectivity index (χ1n) is 5.86. The highest BCUT2D eigenvalue weighted by Gasteiger charge is 2.51. The predicted octanol–water partition coefficient (Wildman–Crippen LogP) is 4.51. The Labute approximate surface area is 90.5 Å². The molecule has 0 aliphatic heterocycles. The Morgan fingerprint density at radius 3 is 2.00 bits per heavy atom. The fraction of sp³-hybridized carbons (Fsp3) is 0.857. The van der Waals surface area contributed by atoms with Crippen LogP contribution in [0.4, 0.5) is 0 Å². The highest BCUT2D eigenvalue weighted by molar-refractivity contribution is 5.12. The van der Waals surface area contributed by atoms with Gasteiger partial charge in [0.05, 0.1) is 0 Å². The third-order valence-electron chi connectivity index (χ3n) is 4.32. The normalized spacial score (nSPS) is 30.2. The van der Waals surface area contributed by atoms with Gasteiger partial charge in [0, 0.05) is 0 Å². The van der Waals surface area contributed by atoms with Crippen molar-refractivity contribution in [3.8, 4) is 0 Å². The van der Waals surface area contributed by atoms with E-state index in [2.05, 4.69) is 48.5 Å². The summed E-state index contributed by atoms with van der Waals surface area (Å²) in [4.78, 5) is 0. The van der Waals surface area contributed by atoms with E-state index in [0.29, 0.717) is 16.7 Å². The Hall–Kier alpha value is 0. The van der Waals surface area contributed by atoms with Crippen molar-refractivity contribution in [3.63, 3.8) is 0 Å². The summed E-state index contributed by atoms with van der Waals surface area (Å²) >= 11 is 0. The molecule has 0 heteroatoms. The molecule has 1 fully saturated rings. The van der Waals surface area contributed by atoms with Gasteiger partial charge in [-0.1, -0.05) is 41.5 Å². The maximum absolute atomic E-state index is 4.31. The van der Waals surface area contributed by atoms with Gasteiger partial charge in [-0.05, 0) is 48.3 Å². The molecule has 0 aromatic heterocycles. The van der Waals surface area contributed by atoms with Crippen LogP contribution in [-0.4, -0.2) is 0 Å². The molecule has 0 aromatic carbocycles. The highest BCUT2D eigenvalue weighted by atomic mass is 14.6. The van der Waals surface area contributed by atoms with E-state index in [1.54, 1.807) is 5.92 Å². The maximum atomic E-state index is 4.31. The van der Waals surface area contributed by atoms with Crippen molar-refractivity contribution < 1.29 is 0 Å². The molecule has 2 radical (unpaired) electrons. The Morgan fingerprint density at radius 2 is 1.86 bits per heavy atom. The summed E-state index contributed by atoms with van der Waals surface area (Å²) < 4.78 is 0. The van der Waals surface area contributed by atoms with Gasteiger partial charge < -0.3 is 0 Å². The van der Waals surface area contributed by atoms with Crippen LogP contribution in [0.15, 0.2) is 0 Å². The molecule has 0 aromatic rings. The van der Waals surface area contributed by atoms with Crippen LogP contribution < -0.4 is 0 Å². The first-order chi connectivity index (χ1) is 6.22. The molecule has 1 rings (SSSR count). The van der Waals surface area contributed by atoms with E-state index < -0.39 is 0 Å². The molecule has 0 saturated heterocycles. The molecule has 0 amide bonds.